The third-order valence-corrected chi connectivity index (χ3v) is 4.30. The van der Waals surface area contributed by atoms with Crippen LogP contribution >= 0.6 is 11.6 Å². The lowest BCUT2D eigenvalue weighted by Crippen LogP contribution is -2.24. The number of halogens is 2. The van der Waals surface area contributed by atoms with Crippen LogP contribution in [0.5, 0.6) is 0 Å². The SMILES string of the molecule is CCCNC(=O)/C(C)=C/c1cc(C#N)cc(-c2ccc(Cl)cc2F)c1C. The molecule has 0 saturated heterocycles. The lowest BCUT2D eigenvalue weighted by Gasteiger charge is -2.12. The van der Waals surface area contributed by atoms with E-state index in [-0.39, 0.29) is 5.91 Å². The molecule has 0 aliphatic rings. The minimum absolute atomic E-state index is 0.159. The molecule has 134 valence electrons. The van der Waals surface area contributed by atoms with E-state index in [9.17, 15) is 14.4 Å². The molecule has 0 unspecified atom stereocenters. The van der Waals surface area contributed by atoms with Crippen LogP contribution in [0.15, 0.2) is 35.9 Å². The first-order chi connectivity index (χ1) is 12.4. The molecule has 0 fully saturated rings. The van der Waals surface area contributed by atoms with Gasteiger partial charge >= 0.3 is 0 Å². The van der Waals surface area contributed by atoms with Crippen LogP contribution in [0, 0.1) is 24.1 Å². The molecule has 0 aromatic heterocycles. The number of nitrogens with one attached hydrogen (secondary N) is 1. The number of benzene rings is 2. The van der Waals surface area contributed by atoms with Crippen molar-refractivity contribution >= 4 is 23.6 Å². The summed E-state index contributed by atoms with van der Waals surface area (Å²) < 4.78 is 14.4. The largest absolute Gasteiger partial charge is 0.352 e. The maximum Gasteiger partial charge on any atom is 0.246 e. The Kier molecular flexibility index (Phi) is 6.54. The minimum Gasteiger partial charge on any atom is -0.352 e. The Bertz CT molecular complexity index is 913. The quantitative estimate of drug-likeness (QED) is 0.730. The standard InChI is InChI=1S/C21H20ClFN2O/c1-4-7-25-21(26)13(2)8-16-9-15(12-24)10-19(14(16)3)18-6-5-17(22)11-20(18)23/h5-6,8-11H,4,7H2,1-3H3,(H,25,26)/b13-8+. The first kappa shape index (κ1) is 19.7. The van der Waals surface area contributed by atoms with Crippen molar-refractivity contribution in [3.63, 3.8) is 0 Å². The van der Waals surface area contributed by atoms with Gasteiger partial charge in [0.1, 0.15) is 5.82 Å². The second-order valence-corrected chi connectivity index (χ2v) is 6.49. The molecule has 0 saturated carbocycles. The molecule has 26 heavy (non-hydrogen) atoms. The molecule has 0 aliphatic carbocycles. The van der Waals surface area contributed by atoms with Crippen LogP contribution < -0.4 is 5.32 Å². The highest BCUT2D eigenvalue weighted by molar-refractivity contribution is 6.30. The van der Waals surface area contributed by atoms with Gasteiger partial charge in [0.2, 0.25) is 5.91 Å². The molecule has 0 heterocycles. The average molecular weight is 371 g/mol. The predicted octanol–water partition coefficient (Wildman–Crippen LogP) is 5.26. The Morgan fingerprint density at radius 1 is 1.31 bits per heavy atom. The van der Waals surface area contributed by atoms with Crippen molar-refractivity contribution in [1.29, 1.82) is 5.26 Å². The van der Waals surface area contributed by atoms with Crippen molar-refractivity contribution in [2.24, 2.45) is 0 Å². The van der Waals surface area contributed by atoms with Crippen molar-refractivity contribution in [3.05, 3.63) is 63.4 Å². The van der Waals surface area contributed by atoms with Crippen LogP contribution in [-0.2, 0) is 4.79 Å². The van der Waals surface area contributed by atoms with E-state index in [4.69, 9.17) is 11.6 Å². The van der Waals surface area contributed by atoms with Gasteiger partial charge in [-0.25, -0.2) is 4.39 Å². The summed E-state index contributed by atoms with van der Waals surface area (Å²) in [6.45, 7) is 6.13. The normalized spacial score (nSPS) is 11.2. The summed E-state index contributed by atoms with van der Waals surface area (Å²) in [4.78, 5) is 12.1. The van der Waals surface area contributed by atoms with Crippen molar-refractivity contribution < 1.29 is 9.18 Å². The molecule has 1 amide bonds. The fourth-order valence-corrected chi connectivity index (χ4v) is 2.77. The Morgan fingerprint density at radius 3 is 2.65 bits per heavy atom. The van der Waals surface area contributed by atoms with Gasteiger partial charge in [0, 0.05) is 22.7 Å². The van der Waals surface area contributed by atoms with Gasteiger partial charge in [0.15, 0.2) is 0 Å². The number of amides is 1. The molecule has 0 aliphatic heterocycles. The monoisotopic (exact) mass is 370 g/mol. The van der Waals surface area contributed by atoms with Gasteiger partial charge in [-0.15, -0.1) is 0 Å². The van der Waals surface area contributed by atoms with Crippen LogP contribution in [-0.4, -0.2) is 12.5 Å². The van der Waals surface area contributed by atoms with Gasteiger partial charge in [-0.2, -0.15) is 5.26 Å². The van der Waals surface area contributed by atoms with Crippen molar-refractivity contribution in [2.75, 3.05) is 6.54 Å². The highest BCUT2D eigenvalue weighted by atomic mass is 35.5. The van der Waals surface area contributed by atoms with Gasteiger partial charge < -0.3 is 5.32 Å². The van der Waals surface area contributed by atoms with Gasteiger partial charge in [-0.3, -0.25) is 4.79 Å². The average Bonchev–Trinajstić information content (AvgIpc) is 2.61. The number of rotatable bonds is 5. The highest BCUT2D eigenvalue weighted by Crippen LogP contribution is 2.31. The summed E-state index contributed by atoms with van der Waals surface area (Å²) in [5.41, 5.74) is 3.38. The van der Waals surface area contributed by atoms with E-state index in [0.29, 0.717) is 39.4 Å². The third-order valence-electron chi connectivity index (χ3n) is 4.06. The zero-order chi connectivity index (χ0) is 19.3. The molecular weight excluding hydrogens is 351 g/mol. The zero-order valence-corrected chi connectivity index (χ0v) is 15.7. The Hall–Kier alpha value is -2.64. The minimum atomic E-state index is -0.456. The molecule has 0 atom stereocenters. The lowest BCUT2D eigenvalue weighted by molar-refractivity contribution is -0.117. The Balaban J connectivity index is 2.55. The van der Waals surface area contributed by atoms with E-state index in [1.54, 1.807) is 37.3 Å². The highest BCUT2D eigenvalue weighted by Gasteiger charge is 2.13. The third kappa shape index (κ3) is 4.50. The smallest absolute Gasteiger partial charge is 0.246 e. The maximum atomic E-state index is 14.4. The van der Waals surface area contributed by atoms with Crippen LogP contribution in [0.2, 0.25) is 5.02 Å². The number of nitriles is 1. The topological polar surface area (TPSA) is 52.9 Å². The Morgan fingerprint density at radius 2 is 2.04 bits per heavy atom. The number of nitrogens with zero attached hydrogens (tertiary/aromatic N) is 1. The van der Waals surface area contributed by atoms with Gasteiger partial charge in [-0.1, -0.05) is 18.5 Å². The molecule has 0 radical (unpaired) electrons. The summed E-state index contributed by atoms with van der Waals surface area (Å²) in [6.07, 6.45) is 2.57. The summed E-state index contributed by atoms with van der Waals surface area (Å²) in [6, 6.07) is 9.88. The molecule has 5 heteroatoms. The van der Waals surface area contributed by atoms with Gasteiger partial charge in [0.05, 0.1) is 11.6 Å². The van der Waals surface area contributed by atoms with E-state index in [2.05, 4.69) is 11.4 Å². The van der Waals surface area contributed by atoms with Crippen LogP contribution in [0.25, 0.3) is 17.2 Å². The van der Waals surface area contributed by atoms with E-state index < -0.39 is 5.82 Å². The summed E-state index contributed by atoms with van der Waals surface area (Å²) in [5.74, 6) is -0.615. The number of hydrogen-bond donors (Lipinski definition) is 1. The van der Waals surface area contributed by atoms with Crippen LogP contribution in [0.1, 0.15) is 37.0 Å². The van der Waals surface area contributed by atoms with Crippen LogP contribution in [0.3, 0.4) is 0 Å². The summed E-state index contributed by atoms with van der Waals surface area (Å²) in [5, 5.41) is 12.5. The molecule has 0 spiro atoms. The molecule has 1 N–H and O–H groups in total. The second kappa shape index (κ2) is 8.64. The van der Waals surface area contributed by atoms with E-state index in [0.717, 1.165) is 12.0 Å². The molecule has 2 rings (SSSR count). The van der Waals surface area contributed by atoms with E-state index >= 15 is 0 Å². The summed E-state index contributed by atoms with van der Waals surface area (Å²) in [7, 11) is 0. The first-order valence-corrected chi connectivity index (χ1v) is 8.71. The fraction of sp³-hybridized carbons (Fsp3) is 0.238. The van der Waals surface area contributed by atoms with Gasteiger partial charge in [-0.05, 0) is 73.4 Å². The van der Waals surface area contributed by atoms with Gasteiger partial charge in [0.25, 0.3) is 0 Å². The number of carbonyl (C=O) groups is 1. The zero-order valence-electron chi connectivity index (χ0n) is 15.0. The van der Waals surface area contributed by atoms with Crippen molar-refractivity contribution in [3.8, 4) is 17.2 Å². The van der Waals surface area contributed by atoms with E-state index in [1.807, 2.05) is 13.8 Å². The molecule has 2 aromatic carbocycles. The maximum absolute atomic E-state index is 14.4. The molecular formula is C21H20ClFN2O. The second-order valence-electron chi connectivity index (χ2n) is 6.06. The predicted molar refractivity (Wildman–Crippen MR) is 103 cm³/mol. The summed E-state index contributed by atoms with van der Waals surface area (Å²) >= 11 is 5.83. The molecule has 3 nitrogen and oxygen atoms in total. The Labute approximate surface area is 158 Å². The fourth-order valence-electron chi connectivity index (χ4n) is 2.62. The first-order valence-electron chi connectivity index (χ1n) is 8.34. The molecule has 2 aromatic rings. The lowest BCUT2D eigenvalue weighted by atomic mass is 9.92. The van der Waals surface area contributed by atoms with Crippen molar-refractivity contribution in [2.45, 2.75) is 27.2 Å². The van der Waals surface area contributed by atoms with Crippen molar-refractivity contribution in [1.82, 2.24) is 5.32 Å². The number of hydrogen-bond acceptors (Lipinski definition) is 2. The van der Waals surface area contributed by atoms with Crippen LogP contribution in [0.4, 0.5) is 4.39 Å². The molecule has 0 bridgehead atoms. The van der Waals surface area contributed by atoms with E-state index in [1.165, 1.54) is 6.07 Å². The number of carbonyl (C=O) groups excluding carboxylic acids is 1.